The van der Waals surface area contributed by atoms with Gasteiger partial charge in [-0.15, -0.1) is 68.0 Å². The Morgan fingerprint density at radius 3 is 1.73 bits per heavy atom. The summed E-state index contributed by atoms with van der Waals surface area (Å²) in [5, 5.41) is 5.01. The molecule has 0 saturated heterocycles. The van der Waals surface area contributed by atoms with Gasteiger partial charge in [-0.2, -0.15) is 0 Å². The number of aryl methyl sites for hydroxylation is 1. The molecule has 6 aromatic heterocycles. The fourth-order valence-corrected chi connectivity index (χ4v) is 10.7. The number of hydrogen-bond acceptors (Lipinski definition) is 6. The van der Waals surface area contributed by atoms with Crippen molar-refractivity contribution in [1.82, 2.24) is 0 Å². The van der Waals surface area contributed by atoms with Crippen molar-refractivity contribution in [2.24, 2.45) is 0 Å². The molecule has 6 heteroatoms. The van der Waals surface area contributed by atoms with E-state index in [9.17, 15) is 0 Å². The molecule has 7 aromatic rings. The van der Waals surface area contributed by atoms with Gasteiger partial charge in [-0.1, -0.05) is 13.5 Å². The van der Waals surface area contributed by atoms with E-state index in [4.69, 9.17) is 0 Å². The van der Waals surface area contributed by atoms with Crippen LogP contribution in [0, 0.1) is 6.92 Å². The Hall–Kier alpha value is -1.54. The summed E-state index contributed by atoms with van der Waals surface area (Å²) in [5.74, 6) is 0. The van der Waals surface area contributed by atoms with Crippen LogP contribution in [0.1, 0.15) is 12.3 Å². The summed E-state index contributed by atoms with van der Waals surface area (Å²) in [6.45, 7) is 2.18. The lowest BCUT2D eigenvalue weighted by molar-refractivity contribution is 1.64. The van der Waals surface area contributed by atoms with E-state index < -0.39 is 0 Å². The monoisotopic (exact) mass is 496 g/mol. The van der Waals surface area contributed by atoms with Crippen molar-refractivity contribution in [1.29, 1.82) is 0 Å². The largest absolute Gasteiger partial charge is 0.143 e. The van der Waals surface area contributed by atoms with E-state index in [0.717, 1.165) is 0 Å². The van der Waals surface area contributed by atoms with Crippen molar-refractivity contribution >= 4 is 107 Å². The lowest BCUT2D eigenvalue weighted by Crippen LogP contribution is -1.64. The molecule has 0 bridgehead atoms. The predicted octanol–water partition coefficient (Wildman–Crippen LogP) is 10.9. The molecule has 1 aromatic carbocycles. The molecule has 0 N–H and O–H groups in total. The minimum atomic E-state index is 0. The highest BCUT2D eigenvalue weighted by Gasteiger charge is 2.16. The van der Waals surface area contributed by atoms with Crippen LogP contribution in [0.5, 0.6) is 0 Å². The van der Waals surface area contributed by atoms with Crippen molar-refractivity contribution < 1.29 is 0 Å². The summed E-state index contributed by atoms with van der Waals surface area (Å²) in [6.07, 6.45) is 0. The first-order valence-electron chi connectivity index (χ1n) is 9.16. The molecule has 0 aliphatic heterocycles. The maximum Gasteiger partial charge on any atom is 0.0536 e. The van der Waals surface area contributed by atoms with Crippen LogP contribution in [0.2, 0.25) is 0 Å². The van der Waals surface area contributed by atoms with Crippen LogP contribution in [0.3, 0.4) is 0 Å². The average molecular weight is 497 g/mol. The molecule has 30 heavy (non-hydrogen) atoms. The Labute approximate surface area is 198 Å². The first kappa shape index (κ1) is 19.2. The molecule has 0 spiro atoms. The lowest BCUT2D eigenvalue weighted by atomic mass is 10.2. The molecule has 0 aliphatic rings. The topological polar surface area (TPSA) is 0 Å². The van der Waals surface area contributed by atoms with Crippen LogP contribution in [-0.2, 0) is 0 Å². The van der Waals surface area contributed by atoms with E-state index in [2.05, 4.69) is 60.8 Å². The molecular weight excluding hydrogens is 481 g/mol. The van der Waals surface area contributed by atoms with E-state index >= 15 is 0 Å². The standard InChI is InChI=1S/C23H12S6.CH4/c1-11-4-5-15(25-11)19-10-21-23(29-19)13-8-16-12(7-17(13)27-21)22-20(26-16)9-18(28-22)14-3-2-6-24-14;/h2-10H,1H3;1H4. The van der Waals surface area contributed by atoms with Gasteiger partial charge in [-0.3, -0.25) is 0 Å². The minimum Gasteiger partial charge on any atom is -0.143 e. The molecule has 0 unspecified atom stereocenters. The zero-order valence-electron chi connectivity index (χ0n) is 15.1. The van der Waals surface area contributed by atoms with Crippen molar-refractivity contribution in [3.63, 3.8) is 0 Å². The molecular formula is C24H16S6. The molecule has 0 aliphatic carbocycles. The molecule has 0 atom stereocenters. The molecule has 0 amide bonds. The summed E-state index contributed by atoms with van der Waals surface area (Å²) in [7, 11) is 0. The van der Waals surface area contributed by atoms with Crippen LogP contribution >= 0.6 is 68.0 Å². The maximum absolute atomic E-state index is 2.44. The summed E-state index contributed by atoms with van der Waals surface area (Å²) >= 11 is 11.5. The summed E-state index contributed by atoms with van der Waals surface area (Å²) < 4.78 is 8.57. The van der Waals surface area contributed by atoms with E-state index in [-0.39, 0.29) is 7.43 Å². The van der Waals surface area contributed by atoms with Gasteiger partial charge in [-0.05, 0) is 54.8 Å². The SMILES string of the molecule is C.Cc1ccc(-c2cc3sc4cc5c(cc4c3s2)sc2cc(-c3cccs3)sc25)s1. The smallest absolute Gasteiger partial charge is 0.0536 e. The quantitative estimate of drug-likeness (QED) is 0.223. The molecule has 148 valence electrons. The van der Waals surface area contributed by atoms with E-state index in [1.807, 2.05) is 68.0 Å². The second kappa shape index (κ2) is 6.99. The first-order valence-corrected chi connectivity index (χ1v) is 14.1. The van der Waals surface area contributed by atoms with E-state index in [1.54, 1.807) is 0 Å². The van der Waals surface area contributed by atoms with E-state index in [1.165, 1.54) is 63.4 Å². The molecule has 0 radical (unpaired) electrons. The first-order chi connectivity index (χ1) is 14.2. The fourth-order valence-electron chi connectivity index (χ4n) is 3.82. The Kier molecular flexibility index (Phi) is 4.46. The molecule has 7 rings (SSSR count). The zero-order valence-corrected chi connectivity index (χ0v) is 20.0. The van der Waals surface area contributed by atoms with Gasteiger partial charge in [0.15, 0.2) is 0 Å². The number of rotatable bonds is 2. The molecule has 0 fully saturated rings. The second-order valence-electron chi connectivity index (χ2n) is 7.04. The summed E-state index contributed by atoms with van der Waals surface area (Å²) in [5.41, 5.74) is 0. The van der Waals surface area contributed by atoms with Gasteiger partial charge in [0.1, 0.15) is 0 Å². The van der Waals surface area contributed by atoms with Gasteiger partial charge in [0.25, 0.3) is 0 Å². The van der Waals surface area contributed by atoms with Crippen LogP contribution in [0.25, 0.3) is 58.5 Å². The van der Waals surface area contributed by atoms with Crippen LogP contribution in [0.4, 0.5) is 0 Å². The Morgan fingerprint density at radius 1 is 0.567 bits per heavy atom. The van der Waals surface area contributed by atoms with Crippen molar-refractivity contribution in [2.45, 2.75) is 14.4 Å². The highest BCUT2D eigenvalue weighted by Crippen LogP contribution is 2.49. The number of benzene rings is 1. The Morgan fingerprint density at radius 2 is 1.20 bits per heavy atom. The lowest BCUT2D eigenvalue weighted by Gasteiger charge is -1.94. The third kappa shape index (κ3) is 2.79. The van der Waals surface area contributed by atoms with Crippen molar-refractivity contribution in [3.8, 4) is 19.5 Å². The summed E-state index contributed by atoms with van der Waals surface area (Å²) in [4.78, 5) is 6.94. The van der Waals surface area contributed by atoms with Crippen LogP contribution in [-0.4, -0.2) is 0 Å². The number of fused-ring (bicyclic) bond motifs is 6. The van der Waals surface area contributed by atoms with Gasteiger partial charge in [0.2, 0.25) is 0 Å². The van der Waals surface area contributed by atoms with Gasteiger partial charge >= 0.3 is 0 Å². The van der Waals surface area contributed by atoms with Gasteiger partial charge in [0, 0.05) is 54.0 Å². The number of hydrogen-bond donors (Lipinski definition) is 0. The minimum absolute atomic E-state index is 0. The third-order valence-corrected chi connectivity index (χ3v) is 12.2. The van der Waals surface area contributed by atoms with Gasteiger partial charge in [0.05, 0.1) is 9.40 Å². The highest BCUT2D eigenvalue weighted by molar-refractivity contribution is 7.36. The maximum atomic E-state index is 2.44. The fraction of sp³-hybridized carbons (Fsp3) is 0.0833. The second-order valence-corrected chi connectivity index (χ2v) is 13.6. The van der Waals surface area contributed by atoms with Crippen LogP contribution < -0.4 is 0 Å². The van der Waals surface area contributed by atoms with Crippen molar-refractivity contribution in [2.75, 3.05) is 0 Å². The normalized spacial score (nSPS) is 11.9. The number of thiophene rings is 6. The van der Waals surface area contributed by atoms with Crippen molar-refractivity contribution in [3.05, 3.63) is 58.8 Å². The van der Waals surface area contributed by atoms with E-state index in [0.29, 0.717) is 0 Å². The third-order valence-electron chi connectivity index (χ3n) is 5.15. The highest BCUT2D eigenvalue weighted by atomic mass is 32.1. The predicted molar refractivity (Wildman–Crippen MR) is 146 cm³/mol. The van der Waals surface area contributed by atoms with Crippen LogP contribution in [0.15, 0.2) is 53.9 Å². The molecule has 0 nitrogen and oxygen atoms in total. The Balaban J connectivity index is 0.00000175. The zero-order chi connectivity index (χ0) is 19.1. The van der Waals surface area contributed by atoms with Gasteiger partial charge in [-0.25, -0.2) is 0 Å². The average Bonchev–Trinajstić information content (AvgIpc) is 3.49. The Bertz CT molecular complexity index is 1660. The molecule has 0 saturated carbocycles. The molecule has 6 heterocycles. The summed E-state index contributed by atoms with van der Waals surface area (Å²) in [6, 6.07) is 18.5. The van der Waals surface area contributed by atoms with Gasteiger partial charge < -0.3 is 0 Å².